The van der Waals surface area contributed by atoms with Gasteiger partial charge in [0.05, 0.1) is 33.3 Å². The number of nitrogens with zero attached hydrogens (tertiary/aromatic N) is 2. The highest BCUT2D eigenvalue weighted by Crippen LogP contribution is 2.48. The van der Waals surface area contributed by atoms with Crippen molar-refractivity contribution in [2.24, 2.45) is 11.0 Å². The fraction of sp³-hybridized carbons (Fsp3) is 0.375. The van der Waals surface area contributed by atoms with Gasteiger partial charge in [0, 0.05) is 18.0 Å². The standard InChI is InChI=1S/C24H26FN3O5/c1-4-33-22(30)9-8-21(29)28-23-17-13-20(32-3)19(31-2)11-14(17)10-18(23)24(27-28)26-16-7-5-6-15(25)12-16/h5-7,11-13,18,23H,4,8-10H2,1-3H3,(H,26,27). The van der Waals surface area contributed by atoms with Gasteiger partial charge in [-0.05, 0) is 54.8 Å². The summed E-state index contributed by atoms with van der Waals surface area (Å²) < 4.78 is 29.6. The van der Waals surface area contributed by atoms with Crippen LogP contribution in [0, 0.1) is 11.7 Å². The fourth-order valence-corrected chi connectivity index (χ4v) is 4.35. The Kier molecular flexibility index (Phi) is 6.48. The zero-order chi connectivity index (χ0) is 23.5. The molecule has 0 radical (unpaired) electrons. The highest BCUT2D eigenvalue weighted by Gasteiger charge is 2.47. The lowest BCUT2D eigenvalue weighted by Gasteiger charge is -2.22. The van der Waals surface area contributed by atoms with Crippen LogP contribution in [0.2, 0.25) is 0 Å². The van der Waals surface area contributed by atoms with Crippen LogP contribution in [0.1, 0.15) is 36.9 Å². The summed E-state index contributed by atoms with van der Waals surface area (Å²) in [4.78, 5) is 24.9. The largest absolute Gasteiger partial charge is 0.493 e. The number of halogens is 1. The highest BCUT2D eigenvalue weighted by molar-refractivity contribution is 6.01. The third-order valence-corrected chi connectivity index (χ3v) is 5.82. The Morgan fingerprint density at radius 2 is 1.91 bits per heavy atom. The Hall–Kier alpha value is -3.62. The zero-order valence-electron chi connectivity index (χ0n) is 18.8. The molecule has 2 unspecified atom stereocenters. The molecule has 174 valence electrons. The van der Waals surface area contributed by atoms with Gasteiger partial charge < -0.3 is 19.5 Å². The molecule has 9 heteroatoms. The van der Waals surface area contributed by atoms with E-state index in [0.29, 0.717) is 29.4 Å². The Balaban J connectivity index is 1.66. The van der Waals surface area contributed by atoms with Crippen molar-refractivity contribution in [2.75, 3.05) is 26.1 Å². The summed E-state index contributed by atoms with van der Waals surface area (Å²) in [5, 5.41) is 9.16. The summed E-state index contributed by atoms with van der Waals surface area (Å²) in [5.74, 6) is 0.464. The molecule has 0 bridgehead atoms. The first-order valence-electron chi connectivity index (χ1n) is 10.8. The van der Waals surface area contributed by atoms with Gasteiger partial charge in [-0.15, -0.1) is 0 Å². The molecule has 1 heterocycles. The van der Waals surface area contributed by atoms with E-state index in [-0.39, 0.29) is 43.1 Å². The van der Waals surface area contributed by atoms with Gasteiger partial charge in [-0.1, -0.05) is 6.07 Å². The van der Waals surface area contributed by atoms with Crippen LogP contribution in [0.4, 0.5) is 10.1 Å². The number of carbonyl (C=O) groups excluding carboxylic acids is 2. The molecule has 2 aromatic rings. The van der Waals surface area contributed by atoms with Gasteiger partial charge in [-0.25, -0.2) is 9.40 Å². The molecule has 33 heavy (non-hydrogen) atoms. The molecule has 0 saturated carbocycles. The minimum Gasteiger partial charge on any atom is -0.493 e. The van der Waals surface area contributed by atoms with E-state index in [1.165, 1.54) is 17.1 Å². The molecular weight excluding hydrogens is 429 g/mol. The first-order chi connectivity index (χ1) is 15.9. The minimum atomic E-state index is -0.429. The number of fused-ring (bicyclic) bond motifs is 3. The Morgan fingerprint density at radius 3 is 2.61 bits per heavy atom. The number of anilines is 1. The van der Waals surface area contributed by atoms with E-state index >= 15 is 0 Å². The molecular formula is C24H26FN3O5. The molecule has 2 aliphatic rings. The molecule has 4 rings (SSSR count). The van der Waals surface area contributed by atoms with Crippen LogP contribution < -0.4 is 14.8 Å². The van der Waals surface area contributed by atoms with Gasteiger partial charge >= 0.3 is 5.97 Å². The van der Waals surface area contributed by atoms with Crippen molar-refractivity contribution in [3.05, 3.63) is 53.3 Å². The number of hydrogen-bond donors (Lipinski definition) is 1. The number of hydrogen-bond acceptors (Lipinski definition) is 7. The summed E-state index contributed by atoms with van der Waals surface area (Å²) in [6.07, 6.45) is 0.562. The number of ether oxygens (including phenoxy) is 3. The van der Waals surface area contributed by atoms with Crippen molar-refractivity contribution < 1.29 is 28.2 Å². The first-order valence-corrected chi connectivity index (χ1v) is 10.8. The molecule has 1 aliphatic carbocycles. The second kappa shape index (κ2) is 9.48. The van der Waals surface area contributed by atoms with E-state index in [9.17, 15) is 14.0 Å². The summed E-state index contributed by atoms with van der Waals surface area (Å²) in [7, 11) is 3.13. The number of carbonyl (C=O) groups is 2. The highest BCUT2D eigenvalue weighted by atomic mass is 19.1. The monoisotopic (exact) mass is 455 g/mol. The Labute approximate surface area is 191 Å². The van der Waals surface area contributed by atoms with Crippen molar-refractivity contribution in [1.29, 1.82) is 0 Å². The molecule has 0 saturated heterocycles. The maximum absolute atomic E-state index is 13.7. The molecule has 1 amide bonds. The van der Waals surface area contributed by atoms with Crippen molar-refractivity contribution in [1.82, 2.24) is 5.01 Å². The summed E-state index contributed by atoms with van der Waals surface area (Å²) in [6, 6.07) is 9.48. The number of amides is 1. The number of benzene rings is 2. The van der Waals surface area contributed by atoms with Gasteiger partial charge in [0.25, 0.3) is 0 Å². The van der Waals surface area contributed by atoms with E-state index in [1.807, 2.05) is 12.1 Å². The number of methoxy groups -OCH3 is 2. The maximum atomic E-state index is 13.7. The van der Waals surface area contributed by atoms with Gasteiger partial charge in [-0.2, -0.15) is 5.10 Å². The van der Waals surface area contributed by atoms with Crippen molar-refractivity contribution >= 4 is 23.4 Å². The number of hydrazone groups is 1. The molecule has 1 N–H and O–H groups in total. The third-order valence-electron chi connectivity index (χ3n) is 5.82. The lowest BCUT2D eigenvalue weighted by molar-refractivity contribution is -0.146. The van der Waals surface area contributed by atoms with Gasteiger partial charge in [0.15, 0.2) is 11.5 Å². The predicted octanol–water partition coefficient (Wildman–Crippen LogP) is 3.67. The first kappa shape index (κ1) is 22.6. The Morgan fingerprint density at radius 1 is 1.15 bits per heavy atom. The predicted molar refractivity (Wildman–Crippen MR) is 120 cm³/mol. The number of esters is 1. The normalized spacial score (nSPS) is 18.3. The fourth-order valence-electron chi connectivity index (χ4n) is 4.35. The summed E-state index contributed by atoms with van der Waals surface area (Å²) in [6.45, 7) is 1.98. The molecule has 0 fully saturated rings. The molecule has 0 spiro atoms. The van der Waals surface area contributed by atoms with Crippen LogP contribution in [0.3, 0.4) is 0 Å². The van der Waals surface area contributed by atoms with Crippen LogP contribution in [-0.2, 0) is 20.7 Å². The number of rotatable bonds is 7. The zero-order valence-corrected chi connectivity index (χ0v) is 18.8. The quantitative estimate of drug-likeness (QED) is 0.641. The number of amidine groups is 1. The SMILES string of the molecule is CCOC(=O)CCC(=O)N1N=C(Nc2cccc(F)c2)C2Cc3cc(OC)c(OC)cc3C21. The van der Waals surface area contributed by atoms with Crippen LogP contribution >= 0.6 is 0 Å². The minimum absolute atomic E-state index is 0.0263. The molecule has 8 nitrogen and oxygen atoms in total. The van der Waals surface area contributed by atoms with Crippen molar-refractivity contribution in [2.45, 2.75) is 32.2 Å². The maximum Gasteiger partial charge on any atom is 0.306 e. The van der Waals surface area contributed by atoms with Crippen LogP contribution in [0.5, 0.6) is 11.5 Å². The van der Waals surface area contributed by atoms with E-state index in [1.54, 1.807) is 33.3 Å². The average Bonchev–Trinajstić information content (AvgIpc) is 3.34. The second-order valence-electron chi connectivity index (χ2n) is 7.83. The van der Waals surface area contributed by atoms with Gasteiger partial charge in [-0.3, -0.25) is 9.59 Å². The Bertz CT molecular complexity index is 1100. The van der Waals surface area contributed by atoms with Crippen molar-refractivity contribution in [3.63, 3.8) is 0 Å². The van der Waals surface area contributed by atoms with E-state index in [4.69, 9.17) is 14.2 Å². The number of nitrogens with one attached hydrogen (secondary N) is 1. The summed E-state index contributed by atoms with van der Waals surface area (Å²) >= 11 is 0. The second-order valence-corrected chi connectivity index (χ2v) is 7.83. The third kappa shape index (κ3) is 4.48. The topological polar surface area (TPSA) is 89.5 Å². The molecule has 0 aromatic heterocycles. The lowest BCUT2D eigenvalue weighted by atomic mass is 9.99. The van der Waals surface area contributed by atoms with E-state index in [0.717, 1.165) is 11.1 Å². The molecule has 2 aromatic carbocycles. The van der Waals surface area contributed by atoms with Crippen molar-refractivity contribution in [3.8, 4) is 11.5 Å². The molecule has 2 atom stereocenters. The van der Waals surface area contributed by atoms with Gasteiger partial charge in [0.2, 0.25) is 5.91 Å². The van der Waals surface area contributed by atoms with Crippen LogP contribution in [-0.4, -0.2) is 43.5 Å². The van der Waals surface area contributed by atoms with E-state index in [2.05, 4.69) is 10.4 Å². The van der Waals surface area contributed by atoms with Crippen LogP contribution in [0.25, 0.3) is 0 Å². The smallest absolute Gasteiger partial charge is 0.306 e. The van der Waals surface area contributed by atoms with Gasteiger partial charge in [0.1, 0.15) is 11.7 Å². The van der Waals surface area contributed by atoms with E-state index < -0.39 is 5.97 Å². The molecule has 1 aliphatic heterocycles. The summed E-state index contributed by atoms with van der Waals surface area (Å²) in [5.41, 5.74) is 2.46. The lowest BCUT2D eigenvalue weighted by Crippen LogP contribution is -2.29. The van der Waals surface area contributed by atoms with Crippen LogP contribution in [0.15, 0.2) is 41.5 Å². The average molecular weight is 455 g/mol.